The first-order valence-corrected chi connectivity index (χ1v) is 3.73. The molecule has 0 bridgehead atoms. The van der Waals surface area contributed by atoms with Crippen LogP contribution in [0.1, 0.15) is 12.5 Å². The zero-order valence-electron chi connectivity index (χ0n) is 7.12. The zero-order chi connectivity index (χ0) is 10.1. The minimum Gasteiger partial charge on any atom is -0.375 e. The van der Waals surface area contributed by atoms with Crippen molar-refractivity contribution in [3.8, 4) is 0 Å². The molecule has 0 saturated carbocycles. The molecule has 1 atom stereocenters. The third kappa shape index (κ3) is 1.67. The van der Waals surface area contributed by atoms with Gasteiger partial charge in [-0.15, -0.1) is 0 Å². The van der Waals surface area contributed by atoms with Crippen molar-refractivity contribution in [2.24, 2.45) is 5.73 Å². The second-order valence-corrected chi connectivity index (χ2v) is 2.92. The highest BCUT2D eigenvalue weighted by atomic mass is 19.1. The second kappa shape index (κ2) is 3.14. The molecule has 0 aromatic heterocycles. The number of halogens is 1. The van der Waals surface area contributed by atoms with E-state index in [1.807, 2.05) is 0 Å². The van der Waals surface area contributed by atoms with E-state index in [0.29, 0.717) is 0 Å². The van der Waals surface area contributed by atoms with Crippen molar-refractivity contribution in [2.75, 3.05) is 0 Å². The van der Waals surface area contributed by atoms with E-state index in [1.165, 1.54) is 18.2 Å². The van der Waals surface area contributed by atoms with E-state index in [-0.39, 0.29) is 5.56 Å². The molecule has 1 aromatic rings. The van der Waals surface area contributed by atoms with Gasteiger partial charge in [-0.2, -0.15) is 0 Å². The summed E-state index contributed by atoms with van der Waals surface area (Å²) in [6.07, 6.45) is 0. The summed E-state index contributed by atoms with van der Waals surface area (Å²) < 4.78 is 13.1. The molecule has 3 nitrogen and oxygen atoms in total. The van der Waals surface area contributed by atoms with Crippen LogP contribution in [0.4, 0.5) is 4.39 Å². The molecular formula is C9H10FNO2. The topological polar surface area (TPSA) is 63.3 Å². The number of hydrogen-bond acceptors (Lipinski definition) is 2. The van der Waals surface area contributed by atoms with E-state index in [0.717, 1.165) is 13.0 Å². The number of carbonyl (C=O) groups is 1. The summed E-state index contributed by atoms with van der Waals surface area (Å²) in [4.78, 5) is 10.8. The Balaban J connectivity index is 3.22. The molecule has 1 aromatic carbocycles. The molecule has 0 aliphatic heterocycles. The van der Waals surface area contributed by atoms with Gasteiger partial charge < -0.3 is 10.8 Å². The first-order valence-electron chi connectivity index (χ1n) is 3.73. The van der Waals surface area contributed by atoms with E-state index in [1.54, 1.807) is 0 Å². The third-order valence-electron chi connectivity index (χ3n) is 1.88. The summed E-state index contributed by atoms with van der Waals surface area (Å²) in [6.45, 7) is 1.16. The van der Waals surface area contributed by atoms with Gasteiger partial charge in [0.2, 0.25) is 0 Å². The highest BCUT2D eigenvalue weighted by Crippen LogP contribution is 2.22. The molecule has 0 aliphatic rings. The van der Waals surface area contributed by atoms with Crippen molar-refractivity contribution in [2.45, 2.75) is 12.5 Å². The van der Waals surface area contributed by atoms with Gasteiger partial charge in [0.1, 0.15) is 5.82 Å². The summed E-state index contributed by atoms with van der Waals surface area (Å²) >= 11 is 0. The fourth-order valence-electron chi connectivity index (χ4n) is 0.989. The van der Waals surface area contributed by atoms with Crippen LogP contribution in [0, 0.1) is 5.82 Å². The van der Waals surface area contributed by atoms with Crippen LogP contribution in [0.3, 0.4) is 0 Å². The predicted molar refractivity (Wildman–Crippen MR) is 45.2 cm³/mol. The molecule has 1 unspecified atom stereocenters. The van der Waals surface area contributed by atoms with Crippen LogP contribution < -0.4 is 5.73 Å². The number of benzene rings is 1. The van der Waals surface area contributed by atoms with E-state index in [9.17, 15) is 14.3 Å². The van der Waals surface area contributed by atoms with Crippen molar-refractivity contribution < 1.29 is 14.3 Å². The Kier molecular flexibility index (Phi) is 2.34. The van der Waals surface area contributed by atoms with Gasteiger partial charge in [0.15, 0.2) is 5.60 Å². The van der Waals surface area contributed by atoms with Gasteiger partial charge in [0, 0.05) is 5.56 Å². The molecule has 70 valence electrons. The van der Waals surface area contributed by atoms with Crippen LogP contribution in [0.15, 0.2) is 24.3 Å². The Labute approximate surface area is 75.0 Å². The lowest BCUT2D eigenvalue weighted by Crippen LogP contribution is -2.38. The van der Waals surface area contributed by atoms with Crippen LogP contribution in [-0.4, -0.2) is 11.0 Å². The minimum absolute atomic E-state index is 0.109. The molecule has 4 heteroatoms. The van der Waals surface area contributed by atoms with E-state index in [4.69, 9.17) is 5.73 Å². The maximum Gasteiger partial charge on any atom is 0.253 e. The summed E-state index contributed by atoms with van der Waals surface area (Å²) in [5, 5.41) is 9.53. The van der Waals surface area contributed by atoms with E-state index >= 15 is 0 Å². The highest BCUT2D eigenvalue weighted by molar-refractivity contribution is 5.84. The molecular weight excluding hydrogens is 173 g/mol. The van der Waals surface area contributed by atoms with Crippen LogP contribution in [-0.2, 0) is 10.4 Å². The molecule has 13 heavy (non-hydrogen) atoms. The quantitative estimate of drug-likeness (QED) is 0.702. The first kappa shape index (κ1) is 9.67. The third-order valence-corrected chi connectivity index (χ3v) is 1.88. The van der Waals surface area contributed by atoms with Crippen molar-refractivity contribution in [1.29, 1.82) is 0 Å². The Morgan fingerprint density at radius 3 is 2.54 bits per heavy atom. The molecule has 1 rings (SSSR count). The van der Waals surface area contributed by atoms with Crippen molar-refractivity contribution in [3.63, 3.8) is 0 Å². The predicted octanol–water partition coefficient (Wildman–Crippen LogP) is 0.518. The van der Waals surface area contributed by atoms with Gasteiger partial charge in [0.05, 0.1) is 0 Å². The fourth-order valence-corrected chi connectivity index (χ4v) is 0.989. The van der Waals surface area contributed by atoms with Gasteiger partial charge in [-0.25, -0.2) is 4.39 Å². The van der Waals surface area contributed by atoms with Crippen LogP contribution in [0.25, 0.3) is 0 Å². The lowest BCUT2D eigenvalue weighted by atomic mass is 9.95. The lowest BCUT2D eigenvalue weighted by molar-refractivity contribution is -0.135. The molecule has 3 N–H and O–H groups in total. The number of hydrogen-bond donors (Lipinski definition) is 2. The van der Waals surface area contributed by atoms with Crippen molar-refractivity contribution in [1.82, 2.24) is 0 Å². The highest BCUT2D eigenvalue weighted by Gasteiger charge is 2.32. The molecule has 1 amide bonds. The van der Waals surface area contributed by atoms with E-state index < -0.39 is 17.3 Å². The molecule has 0 fully saturated rings. The lowest BCUT2D eigenvalue weighted by Gasteiger charge is -2.19. The Hall–Kier alpha value is -1.42. The van der Waals surface area contributed by atoms with Crippen LogP contribution in [0.5, 0.6) is 0 Å². The summed E-state index contributed by atoms with van der Waals surface area (Å²) in [7, 11) is 0. The number of aliphatic hydroxyl groups is 1. The Bertz CT molecular complexity index is 336. The minimum atomic E-state index is -1.95. The van der Waals surface area contributed by atoms with Gasteiger partial charge in [-0.1, -0.05) is 18.2 Å². The molecule has 0 saturated heterocycles. The average molecular weight is 183 g/mol. The zero-order valence-corrected chi connectivity index (χ0v) is 7.12. The van der Waals surface area contributed by atoms with E-state index in [2.05, 4.69) is 0 Å². The number of nitrogens with two attached hydrogens (primary N) is 1. The number of carbonyl (C=O) groups excluding carboxylic acids is 1. The largest absolute Gasteiger partial charge is 0.375 e. The van der Waals surface area contributed by atoms with Gasteiger partial charge in [-0.05, 0) is 13.0 Å². The molecule has 0 spiro atoms. The van der Waals surface area contributed by atoms with Crippen LogP contribution >= 0.6 is 0 Å². The fraction of sp³-hybridized carbons (Fsp3) is 0.222. The van der Waals surface area contributed by atoms with Crippen molar-refractivity contribution >= 4 is 5.91 Å². The van der Waals surface area contributed by atoms with Crippen molar-refractivity contribution in [3.05, 3.63) is 35.6 Å². The average Bonchev–Trinajstić information content (AvgIpc) is 2.04. The summed E-state index contributed by atoms with van der Waals surface area (Å²) in [6, 6.07) is 5.47. The molecule has 0 radical (unpaired) electrons. The summed E-state index contributed by atoms with van der Waals surface area (Å²) in [5.41, 5.74) is 2.85. The Morgan fingerprint density at radius 2 is 2.08 bits per heavy atom. The molecule has 0 aliphatic carbocycles. The maximum absolute atomic E-state index is 13.1. The first-order chi connectivity index (χ1) is 5.96. The second-order valence-electron chi connectivity index (χ2n) is 2.92. The van der Waals surface area contributed by atoms with Gasteiger partial charge in [0.25, 0.3) is 5.91 Å². The normalized spacial score (nSPS) is 15.0. The smallest absolute Gasteiger partial charge is 0.253 e. The monoisotopic (exact) mass is 183 g/mol. The summed E-state index contributed by atoms with van der Waals surface area (Å²) in [5.74, 6) is -1.62. The van der Waals surface area contributed by atoms with Gasteiger partial charge in [-0.3, -0.25) is 4.79 Å². The number of primary amides is 1. The Morgan fingerprint density at radius 1 is 1.54 bits per heavy atom. The maximum atomic E-state index is 13.1. The molecule has 0 heterocycles. The number of amides is 1. The number of rotatable bonds is 2. The van der Waals surface area contributed by atoms with Gasteiger partial charge >= 0.3 is 0 Å². The van der Waals surface area contributed by atoms with Crippen LogP contribution in [0.2, 0.25) is 0 Å². The SMILES string of the molecule is CC(O)(C(N)=O)c1ccccc1F. The standard InChI is InChI=1S/C9H10FNO2/c1-9(13,8(11)12)6-4-2-3-5-7(6)10/h2-5,13H,1H3,(H2,11,12).